The summed E-state index contributed by atoms with van der Waals surface area (Å²) >= 11 is 4.95. The summed E-state index contributed by atoms with van der Waals surface area (Å²) in [7, 11) is 1.58. The number of hydrogen-bond donors (Lipinski definition) is 1. The molecule has 0 amide bonds. The van der Waals surface area contributed by atoms with Crippen molar-refractivity contribution in [3.8, 4) is 5.88 Å². The van der Waals surface area contributed by atoms with Crippen molar-refractivity contribution in [1.29, 1.82) is 0 Å². The standard InChI is InChI=1S/C8H9N5OS/c1-14-7-3-2-6(4-9-7)5-13-8(15)10-11-12-13/h2-4H,5H2,1H3,(H,10,12,15). The Hall–Kier alpha value is -1.76. The summed E-state index contributed by atoms with van der Waals surface area (Å²) in [4.78, 5) is 4.08. The molecule has 15 heavy (non-hydrogen) atoms. The fraction of sp³-hybridized carbons (Fsp3) is 0.250. The Bertz CT molecular complexity index is 488. The lowest BCUT2D eigenvalue weighted by Gasteiger charge is -2.02. The molecular weight excluding hydrogens is 214 g/mol. The molecule has 7 heteroatoms. The Morgan fingerprint density at radius 2 is 2.40 bits per heavy atom. The van der Waals surface area contributed by atoms with Crippen molar-refractivity contribution in [3.05, 3.63) is 28.7 Å². The fourth-order valence-corrected chi connectivity index (χ4v) is 1.27. The second kappa shape index (κ2) is 4.18. The van der Waals surface area contributed by atoms with Crippen LogP contribution in [0.2, 0.25) is 0 Å². The molecule has 2 aromatic rings. The third-order valence-corrected chi connectivity index (χ3v) is 2.18. The highest BCUT2D eigenvalue weighted by Gasteiger charge is 1.99. The molecule has 1 N–H and O–H groups in total. The first-order chi connectivity index (χ1) is 7.29. The lowest BCUT2D eigenvalue weighted by Crippen LogP contribution is -2.02. The normalized spacial score (nSPS) is 10.2. The summed E-state index contributed by atoms with van der Waals surface area (Å²) in [5.41, 5.74) is 0.998. The number of methoxy groups -OCH3 is 1. The largest absolute Gasteiger partial charge is 0.481 e. The topological polar surface area (TPSA) is 68.6 Å². The highest BCUT2D eigenvalue weighted by Crippen LogP contribution is 2.07. The maximum atomic E-state index is 4.96. The van der Waals surface area contributed by atoms with Crippen molar-refractivity contribution in [2.24, 2.45) is 0 Å². The van der Waals surface area contributed by atoms with Gasteiger partial charge in [0, 0.05) is 12.3 Å². The molecule has 0 saturated heterocycles. The molecule has 2 heterocycles. The summed E-state index contributed by atoms with van der Waals surface area (Å²) < 4.78 is 7.03. The number of hydrogen-bond acceptors (Lipinski definition) is 5. The van der Waals surface area contributed by atoms with E-state index in [0.717, 1.165) is 5.56 Å². The minimum absolute atomic E-state index is 0.422. The SMILES string of the molecule is COc1ccc(Cn2[nH]nnc2=S)cn1. The predicted octanol–water partition coefficient (Wildman–Crippen LogP) is 0.788. The molecule has 78 valence electrons. The number of aromatic amines is 1. The van der Waals surface area contributed by atoms with Crippen LogP contribution in [0.4, 0.5) is 0 Å². The Labute approximate surface area is 90.9 Å². The van der Waals surface area contributed by atoms with Crippen molar-refractivity contribution in [3.63, 3.8) is 0 Å². The predicted molar refractivity (Wildman–Crippen MR) is 55.1 cm³/mol. The molecule has 0 aromatic carbocycles. The van der Waals surface area contributed by atoms with Crippen LogP contribution in [-0.2, 0) is 6.54 Å². The van der Waals surface area contributed by atoms with Gasteiger partial charge >= 0.3 is 0 Å². The molecule has 0 atom stereocenters. The van der Waals surface area contributed by atoms with Gasteiger partial charge in [0.2, 0.25) is 10.7 Å². The number of aromatic nitrogens is 5. The first-order valence-electron chi connectivity index (χ1n) is 4.26. The lowest BCUT2D eigenvalue weighted by molar-refractivity contribution is 0.397. The highest BCUT2D eigenvalue weighted by atomic mass is 32.1. The minimum Gasteiger partial charge on any atom is -0.481 e. The van der Waals surface area contributed by atoms with Crippen LogP contribution in [0.1, 0.15) is 5.56 Å². The van der Waals surface area contributed by atoms with Crippen molar-refractivity contribution in [2.75, 3.05) is 7.11 Å². The molecule has 0 fully saturated rings. The van der Waals surface area contributed by atoms with Gasteiger partial charge in [0.05, 0.1) is 13.7 Å². The molecule has 2 aromatic heterocycles. The van der Waals surface area contributed by atoms with Gasteiger partial charge in [-0.05, 0) is 17.8 Å². The number of nitrogens with zero attached hydrogens (tertiary/aromatic N) is 4. The van der Waals surface area contributed by atoms with Crippen LogP contribution < -0.4 is 4.74 Å². The number of rotatable bonds is 3. The Morgan fingerprint density at radius 1 is 1.53 bits per heavy atom. The van der Waals surface area contributed by atoms with Crippen molar-refractivity contribution >= 4 is 12.2 Å². The van der Waals surface area contributed by atoms with Crippen LogP contribution in [-0.4, -0.2) is 32.3 Å². The maximum absolute atomic E-state index is 4.96. The van der Waals surface area contributed by atoms with Crippen molar-refractivity contribution in [2.45, 2.75) is 6.54 Å². The molecule has 0 spiro atoms. The smallest absolute Gasteiger partial charge is 0.238 e. The van der Waals surface area contributed by atoms with Gasteiger partial charge in [-0.3, -0.25) is 0 Å². The first-order valence-corrected chi connectivity index (χ1v) is 4.67. The van der Waals surface area contributed by atoms with Crippen LogP contribution in [0.5, 0.6) is 5.88 Å². The molecule has 2 rings (SSSR count). The van der Waals surface area contributed by atoms with E-state index in [0.29, 0.717) is 17.2 Å². The molecule has 0 bridgehead atoms. The van der Waals surface area contributed by atoms with Crippen molar-refractivity contribution in [1.82, 2.24) is 25.2 Å². The molecule has 0 saturated carbocycles. The zero-order valence-corrected chi connectivity index (χ0v) is 8.86. The monoisotopic (exact) mass is 223 g/mol. The van der Waals surface area contributed by atoms with E-state index in [1.165, 1.54) is 0 Å². The van der Waals surface area contributed by atoms with Gasteiger partial charge in [-0.2, -0.15) is 5.21 Å². The van der Waals surface area contributed by atoms with Gasteiger partial charge in [-0.1, -0.05) is 16.4 Å². The van der Waals surface area contributed by atoms with Gasteiger partial charge in [-0.25, -0.2) is 9.67 Å². The molecule has 0 aliphatic heterocycles. The second-order valence-corrected chi connectivity index (χ2v) is 3.24. The quantitative estimate of drug-likeness (QED) is 0.779. The summed E-state index contributed by atoms with van der Waals surface area (Å²) in [6.07, 6.45) is 1.72. The third kappa shape index (κ3) is 2.18. The van der Waals surface area contributed by atoms with Crippen LogP contribution in [0.25, 0.3) is 0 Å². The number of nitrogens with one attached hydrogen (secondary N) is 1. The minimum atomic E-state index is 0.422. The van der Waals surface area contributed by atoms with E-state index in [9.17, 15) is 0 Å². The zero-order chi connectivity index (χ0) is 10.7. The summed E-state index contributed by atoms with van der Waals surface area (Å²) in [6.45, 7) is 0.572. The molecular formula is C8H9N5OS. The summed E-state index contributed by atoms with van der Waals surface area (Å²) in [5, 5.41) is 9.94. The molecule has 0 aliphatic rings. The Kier molecular flexibility index (Phi) is 2.72. The van der Waals surface area contributed by atoms with E-state index in [-0.39, 0.29) is 0 Å². The van der Waals surface area contributed by atoms with Gasteiger partial charge in [-0.15, -0.1) is 0 Å². The van der Waals surface area contributed by atoms with Crippen LogP contribution in [0.15, 0.2) is 18.3 Å². The number of tetrazole rings is 1. The molecule has 0 unspecified atom stereocenters. The second-order valence-electron chi connectivity index (χ2n) is 2.88. The van der Waals surface area contributed by atoms with E-state index in [4.69, 9.17) is 17.0 Å². The number of pyridine rings is 1. The van der Waals surface area contributed by atoms with Gasteiger partial charge in [0.15, 0.2) is 0 Å². The van der Waals surface area contributed by atoms with Crippen LogP contribution in [0, 0.1) is 4.77 Å². The van der Waals surface area contributed by atoms with E-state index < -0.39 is 0 Å². The lowest BCUT2D eigenvalue weighted by atomic mass is 10.3. The van der Waals surface area contributed by atoms with E-state index in [1.807, 2.05) is 6.07 Å². The molecule has 0 aliphatic carbocycles. The average molecular weight is 223 g/mol. The van der Waals surface area contributed by atoms with Crippen LogP contribution >= 0.6 is 12.2 Å². The van der Waals surface area contributed by atoms with Gasteiger partial charge in [0.25, 0.3) is 0 Å². The number of H-pyrrole nitrogens is 1. The zero-order valence-electron chi connectivity index (χ0n) is 8.04. The summed E-state index contributed by atoms with van der Waals surface area (Å²) in [6, 6.07) is 3.71. The van der Waals surface area contributed by atoms with Gasteiger partial charge in [0.1, 0.15) is 0 Å². The molecule has 0 radical (unpaired) electrons. The fourth-order valence-electron chi connectivity index (χ4n) is 1.13. The van der Waals surface area contributed by atoms with E-state index >= 15 is 0 Å². The Morgan fingerprint density at radius 3 is 2.93 bits per heavy atom. The van der Waals surface area contributed by atoms with E-state index in [2.05, 4.69) is 20.5 Å². The van der Waals surface area contributed by atoms with Gasteiger partial charge < -0.3 is 4.74 Å². The first kappa shape index (κ1) is 9.78. The molecule has 6 nitrogen and oxygen atoms in total. The van der Waals surface area contributed by atoms with Crippen molar-refractivity contribution < 1.29 is 4.74 Å². The maximum Gasteiger partial charge on any atom is 0.238 e. The average Bonchev–Trinajstić information content (AvgIpc) is 2.66. The summed E-state index contributed by atoms with van der Waals surface area (Å²) in [5.74, 6) is 0.588. The van der Waals surface area contributed by atoms with Crippen LogP contribution in [0.3, 0.4) is 0 Å². The number of ether oxygens (including phenoxy) is 1. The third-order valence-electron chi connectivity index (χ3n) is 1.88. The van der Waals surface area contributed by atoms with E-state index in [1.54, 1.807) is 24.1 Å². The highest BCUT2D eigenvalue weighted by molar-refractivity contribution is 7.71. The Balaban J connectivity index is 2.18.